The number of fused-ring (bicyclic) bond motifs is 1. The number of hydrogen-bond donors (Lipinski definition) is 1. The highest BCUT2D eigenvalue weighted by molar-refractivity contribution is 9.10. The van der Waals surface area contributed by atoms with E-state index in [2.05, 4.69) is 26.2 Å². The monoisotopic (exact) mass is 572 g/mol. The Morgan fingerprint density at radius 1 is 1.13 bits per heavy atom. The first kappa shape index (κ1) is 26.3. The molecular formula is C28H21BrN4O5. The number of aryl methyl sites for hydroxylation is 1. The Hall–Kier alpha value is -4.75. The Bertz CT molecular complexity index is 1650. The Labute approximate surface area is 226 Å². The van der Waals surface area contributed by atoms with E-state index in [1.807, 2.05) is 19.1 Å². The predicted octanol–water partition coefficient (Wildman–Crippen LogP) is 5.28. The minimum absolute atomic E-state index is 0.0500. The summed E-state index contributed by atoms with van der Waals surface area (Å²) in [5.74, 6) is -0.871. The molecule has 4 rings (SSSR count). The number of anilines is 1. The van der Waals surface area contributed by atoms with Crippen LogP contribution in [0.5, 0.6) is 11.6 Å². The van der Waals surface area contributed by atoms with Crippen LogP contribution in [0.15, 0.2) is 81.7 Å². The van der Waals surface area contributed by atoms with Gasteiger partial charge >= 0.3 is 5.97 Å². The van der Waals surface area contributed by atoms with Gasteiger partial charge in [-0.15, -0.1) is 0 Å². The summed E-state index contributed by atoms with van der Waals surface area (Å²) in [4.78, 5) is 42.7. The van der Waals surface area contributed by atoms with Crippen molar-refractivity contribution >= 4 is 45.2 Å². The van der Waals surface area contributed by atoms with E-state index in [4.69, 9.17) is 9.47 Å². The van der Waals surface area contributed by atoms with Crippen molar-refractivity contribution in [3.63, 3.8) is 0 Å². The molecule has 0 radical (unpaired) electrons. The van der Waals surface area contributed by atoms with Gasteiger partial charge < -0.3 is 14.8 Å². The predicted molar refractivity (Wildman–Crippen MR) is 145 cm³/mol. The number of esters is 1. The van der Waals surface area contributed by atoms with E-state index < -0.39 is 17.4 Å². The third-order valence-electron chi connectivity index (χ3n) is 5.39. The van der Waals surface area contributed by atoms with E-state index in [9.17, 15) is 19.6 Å². The Kier molecular flexibility index (Phi) is 7.99. The van der Waals surface area contributed by atoms with Crippen LogP contribution >= 0.6 is 15.9 Å². The molecule has 2 aromatic carbocycles. The Morgan fingerprint density at radius 2 is 1.84 bits per heavy atom. The molecule has 0 saturated carbocycles. The number of nitrogens with zero attached hydrogens (tertiary/aromatic N) is 3. The summed E-state index contributed by atoms with van der Waals surface area (Å²) in [5.41, 5.74) is 0.870. The summed E-state index contributed by atoms with van der Waals surface area (Å²) in [6, 6.07) is 18.3. The second kappa shape index (κ2) is 11.5. The maximum Gasteiger partial charge on any atom is 0.338 e. The number of ether oxygens (including phenoxy) is 2. The van der Waals surface area contributed by atoms with Crippen molar-refractivity contribution in [3.8, 4) is 17.7 Å². The van der Waals surface area contributed by atoms with Gasteiger partial charge in [-0.1, -0.05) is 22.0 Å². The summed E-state index contributed by atoms with van der Waals surface area (Å²) in [6.07, 6.45) is 2.70. The fraction of sp³-hybridized carbons (Fsp3) is 0.107. The molecule has 0 atom stereocenters. The lowest BCUT2D eigenvalue weighted by Crippen LogP contribution is -2.20. The van der Waals surface area contributed by atoms with Gasteiger partial charge in [0.1, 0.15) is 28.6 Å². The molecule has 4 aromatic rings. The van der Waals surface area contributed by atoms with Crippen molar-refractivity contribution in [1.29, 1.82) is 5.26 Å². The molecule has 0 aliphatic rings. The number of amides is 1. The van der Waals surface area contributed by atoms with Gasteiger partial charge in [0.15, 0.2) is 0 Å². The van der Waals surface area contributed by atoms with Crippen molar-refractivity contribution in [2.24, 2.45) is 0 Å². The van der Waals surface area contributed by atoms with Crippen LogP contribution < -0.4 is 15.6 Å². The van der Waals surface area contributed by atoms with Crippen LogP contribution in [0, 0.1) is 18.3 Å². The summed E-state index contributed by atoms with van der Waals surface area (Å²) in [5, 5.41) is 12.4. The van der Waals surface area contributed by atoms with Crippen LogP contribution in [0.25, 0.3) is 11.7 Å². The fourth-order valence-electron chi connectivity index (χ4n) is 3.50. The molecule has 0 aliphatic heterocycles. The molecule has 0 saturated heterocycles. The molecule has 9 nitrogen and oxygen atoms in total. The summed E-state index contributed by atoms with van der Waals surface area (Å²) >= 11 is 3.36. The van der Waals surface area contributed by atoms with E-state index in [-0.39, 0.29) is 23.6 Å². The van der Waals surface area contributed by atoms with Crippen LogP contribution in [0.2, 0.25) is 0 Å². The molecule has 0 fully saturated rings. The zero-order chi connectivity index (χ0) is 27.2. The van der Waals surface area contributed by atoms with E-state index in [1.54, 1.807) is 43.5 Å². The minimum Gasteiger partial charge on any atom is -0.462 e. The Morgan fingerprint density at radius 3 is 2.50 bits per heavy atom. The number of aromatic nitrogens is 2. The lowest BCUT2D eigenvalue weighted by molar-refractivity contribution is -0.112. The number of rotatable bonds is 7. The summed E-state index contributed by atoms with van der Waals surface area (Å²) in [6.45, 7) is 3.75. The van der Waals surface area contributed by atoms with E-state index >= 15 is 0 Å². The average molecular weight is 573 g/mol. The van der Waals surface area contributed by atoms with Crippen molar-refractivity contribution in [1.82, 2.24) is 9.38 Å². The van der Waals surface area contributed by atoms with Crippen LogP contribution in [0.3, 0.4) is 0 Å². The zero-order valence-electron chi connectivity index (χ0n) is 20.4. The molecule has 10 heteroatoms. The first-order valence-corrected chi connectivity index (χ1v) is 12.3. The van der Waals surface area contributed by atoms with Gasteiger partial charge in [-0.2, -0.15) is 10.2 Å². The van der Waals surface area contributed by atoms with Gasteiger partial charge in [-0.05, 0) is 80.1 Å². The van der Waals surface area contributed by atoms with Crippen LogP contribution in [0.1, 0.15) is 28.4 Å². The lowest BCUT2D eigenvalue weighted by Gasteiger charge is -2.12. The zero-order valence-corrected chi connectivity index (χ0v) is 22.0. The SMILES string of the molecule is CCOC(=O)c1ccc(NC(=O)/C(C#N)=C\c2c(Oc3ccc(Br)cc3)nc3c(C)cccn3c2=O)cc1. The number of carbonyl (C=O) groups excluding carboxylic acids is 2. The molecule has 0 aliphatic carbocycles. The van der Waals surface area contributed by atoms with Crippen molar-refractivity contribution in [2.45, 2.75) is 13.8 Å². The van der Waals surface area contributed by atoms with Gasteiger partial charge in [0.2, 0.25) is 5.88 Å². The number of pyridine rings is 1. The van der Waals surface area contributed by atoms with Gasteiger partial charge in [0, 0.05) is 16.4 Å². The van der Waals surface area contributed by atoms with E-state index in [1.165, 1.54) is 28.7 Å². The summed E-state index contributed by atoms with van der Waals surface area (Å²) < 4.78 is 13.1. The van der Waals surface area contributed by atoms with E-state index in [0.717, 1.165) is 16.1 Å². The van der Waals surface area contributed by atoms with Gasteiger partial charge in [0.05, 0.1) is 12.2 Å². The van der Waals surface area contributed by atoms with Crippen LogP contribution in [-0.4, -0.2) is 27.9 Å². The molecule has 38 heavy (non-hydrogen) atoms. The highest BCUT2D eigenvalue weighted by atomic mass is 79.9. The molecule has 190 valence electrons. The first-order valence-electron chi connectivity index (χ1n) is 11.5. The number of benzene rings is 2. The highest BCUT2D eigenvalue weighted by Crippen LogP contribution is 2.26. The number of nitrogens with one attached hydrogen (secondary N) is 1. The van der Waals surface area contributed by atoms with Crippen molar-refractivity contribution in [3.05, 3.63) is 104 Å². The fourth-order valence-corrected chi connectivity index (χ4v) is 3.77. The molecule has 0 unspecified atom stereocenters. The van der Waals surface area contributed by atoms with Gasteiger partial charge in [-0.25, -0.2) is 4.79 Å². The normalized spacial score (nSPS) is 11.1. The van der Waals surface area contributed by atoms with Crippen molar-refractivity contribution < 1.29 is 19.1 Å². The van der Waals surface area contributed by atoms with Gasteiger partial charge in [-0.3, -0.25) is 14.0 Å². The first-order chi connectivity index (χ1) is 18.3. The highest BCUT2D eigenvalue weighted by Gasteiger charge is 2.18. The van der Waals surface area contributed by atoms with E-state index in [0.29, 0.717) is 22.6 Å². The van der Waals surface area contributed by atoms with Crippen molar-refractivity contribution in [2.75, 3.05) is 11.9 Å². The largest absolute Gasteiger partial charge is 0.462 e. The molecule has 0 bridgehead atoms. The molecule has 1 N–H and O–H groups in total. The molecule has 1 amide bonds. The molecule has 2 heterocycles. The standard InChI is InChI=1S/C28H21BrN4O5/c1-3-37-28(36)18-6-10-21(11-7-18)31-25(34)19(16-30)15-23-26(38-22-12-8-20(29)9-13-22)32-24-17(2)5-4-14-33(24)27(23)35/h4-15H,3H2,1-2H3,(H,31,34)/b19-15-. The van der Waals surface area contributed by atoms with Gasteiger partial charge in [0.25, 0.3) is 11.5 Å². The minimum atomic E-state index is -0.750. The summed E-state index contributed by atoms with van der Waals surface area (Å²) in [7, 11) is 0. The second-order valence-corrected chi connectivity index (χ2v) is 8.91. The molecule has 2 aromatic heterocycles. The quantitative estimate of drug-likeness (QED) is 0.181. The number of halogens is 1. The third kappa shape index (κ3) is 5.79. The topological polar surface area (TPSA) is 123 Å². The van der Waals surface area contributed by atoms with Crippen LogP contribution in [-0.2, 0) is 9.53 Å². The number of nitriles is 1. The Balaban J connectivity index is 1.72. The lowest BCUT2D eigenvalue weighted by atomic mass is 10.1. The average Bonchev–Trinajstić information content (AvgIpc) is 2.91. The molecule has 0 spiro atoms. The smallest absolute Gasteiger partial charge is 0.338 e. The third-order valence-corrected chi connectivity index (χ3v) is 5.91. The second-order valence-electron chi connectivity index (χ2n) is 8.00. The maximum absolute atomic E-state index is 13.4. The molecular weight excluding hydrogens is 552 g/mol. The number of carbonyl (C=O) groups is 2. The van der Waals surface area contributed by atoms with Crippen LogP contribution in [0.4, 0.5) is 5.69 Å². The number of hydrogen-bond acceptors (Lipinski definition) is 7. The maximum atomic E-state index is 13.4.